The van der Waals surface area contributed by atoms with Crippen LogP contribution in [-0.2, 0) is 14.8 Å². The fourth-order valence-corrected chi connectivity index (χ4v) is 3.80. The number of rotatable bonds is 6. The van der Waals surface area contributed by atoms with Crippen molar-refractivity contribution in [3.63, 3.8) is 0 Å². The molecule has 0 aliphatic carbocycles. The number of likely N-dealkylation sites (N-methyl/N-ethyl adjacent to an activating group) is 1. The van der Waals surface area contributed by atoms with Crippen LogP contribution in [0.25, 0.3) is 0 Å². The monoisotopic (exact) mass is 286 g/mol. The molecule has 0 aliphatic rings. The molecule has 0 saturated heterocycles. The van der Waals surface area contributed by atoms with E-state index in [1.54, 1.807) is 32.2 Å². The average molecular weight is 286 g/mol. The minimum Gasteiger partial charge on any atom is -0.398 e. The van der Waals surface area contributed by atoms with Gasteiger partial charge in [-0.25, -0.2) is 8.42 Å². The highest BCUT2D eigenvalue weighted by atomic mass is 32.2. The SMILES string of the molecule is CCN(C(C)COC)S(=O)(=O)c1ccc(C)cc1N. The standard InChI is InChI=1S/C13H22N2O3S/c1-5-15(11(3)9-18-4)19(16,17)13-7-6-10(2)8-12(13)14/h6-8,11H,5,9,14H2,1-4H3. The molecule has 0 saturated carbocycles. The Balaban J connectivity index is 3.20. The van der Waals surface area contributed by atoms with Crippen molar-refractivity contribution < 1.29 is 13.2 Å². The van der Waals surface area contributed by atoms with Crippen LogP contribution in [0.15, 0.2) is 23.1 Å². The molecule has 19 heavy (non-hydrogen) atoms. The van der Waals surface area contributed by atoms with Gasteiger partial charge in [0.25, 0.3) is 0 Å². The maximum atomic E-state index is 12.6. The van der Waals surface area contributed by atoms with Gasteiger partial charge in [-0.2, -0.15) is 4.31 Å². The summed E-state index contributed by atoms with van der Waals surface area (Å²) in [7, 11) is -2.04. The summed E-state index contributed by atoms with van der Waals surface area (Å²) in [5.41, 5.74) is 7.05. The molecule has 1 rings (SSSR count). The Morgan fingerprint density at radius 1 is 1.42 bits per heavy atom. The Kier molecular flexibility index (Phi) is 5.34. The van der Waals surface area contributed by atoms with E-state index < -0.39 is 10.0 Å². The molecule has 0 bridgehead atoms. The molecule has 1 atom stereocenters. The summed E-state index contributed by atoms with van der Waals surface area (Å²) < 4.78 is 31.6. The van der Waals surface area contributed by atoms with Gasteiger partial charge < -0.3 is 10.5 Å². The summed E-state index contributed by atoms with van der Waals surface area (Å²) in [5.74, 6) is 0. The molecule has 0 fully saturated rings. The number of ether oxygens (including phenoxy) is 1. The van der Waals surface area contributed by atoms with Gasteiger partial charge >= 0.3 is 0 Å². The van der Waals surface area contributed by atoms with Crippen LogP contribution in [0.1, 0.15) is 19.4 Å². The predicted octanol–water partition coefficient (Wildman–Crippen LogP) is 1.62. The number of anilines is 1. The van der Waals surface area contributed by atoms with E-state index in [2.05, 4.69) is 0 Å². The molecule has 2 N–H and O–H groups in total. The lowest BCUT2D eigenvalue weighted by Gasteiger charge is -2.27. The zero-order valence-corrected chi connectivity index (χ0v) is 12.7. The molecule has 1 aromatic rings. The summed E-state index contributed by atoms with van der Waals surface area (Å²) in [6.07, 6.45) is 0. The van der Waals surface area contributed by atoms with Gasteiger partial charge in [0.15, 0.2) is 0 Å². The third-order valence-corrected chi connectivity index (χ3v) is 5.13. The number of methoxy groups -OCH3 is 1. The molecule has 108 valence electrons. The van der Waals surface area contributed by atoms with Crippen molar-refractivity contribution in [2.45, 2.75) is 31.7 Å². The molecule has 5 nitrogen and oxygen atoms in total. The van der Waals surface area contributed by atoms with Gasteiger partial charge in [-0.3, -0.25) is 0 Å². The van der Waals surface area contributed by atoms with Crippen molar-refractivity contribution in [2.24, 2.45) is 0 Å². The molecule has 0 aromatic heterocycles. The van der Waals surface area contributed by atoms with E-state index in [4.69, 9.17) is 10.5 Å². The van der Waals surface area contributed by atoms with E-state index in [-0.39, 0.29) is 16.6 Å². The third kappa shape index (κ3) is 3.46. The summed E-state index contributed by atoms with van der Waals surface area (Å²) in [5, 5.41) is 0. The highest BCUT2D eigenvalue weighted by Gasteiger charge is 2.29. The van der Waals surface area contributed by atoms with Crippen LogP contribution in [0.4, 0.5) is 5.69 Å². The van der Waals surface area contributed by atoms with E-state index in [1.807, 2.05) is 13.8 Å². The average Bonchev–Trinajstić information content (AvgIpc) is 2.28. The van der Waals surface area contributed by atoms with Crippen molar-refractivity contribution in [2.75, 3.05) is 26.0 Å². The first-order chi connectivity index (χ1) is 8.84. The second-order valence-electron chi connectivity index (χ2n) is 4.55. The number of nitrogens with zero attached hydrogens (tertiary/aromatic N) is 1. The molecule has 0 aliphatic heterocycles. The van der Waals surface area contributed by atoms with Crippen molar-refractivity contribution in [1.29, 1.82) is 0 Å². The van der Waals surface area contributed by atoms with Crippen LogP contribution in [0, 0.1) is 6.92 Å². The lowest BCUT2D eigenvalue weighted by Crippen LogP contribution is -2.41. The van der Waals surface area contributed by atoms with Crippen LogP contribution in [0.5, 0.6) is 0 Å². The first kappa shape index (κ1) is 15.9. The number of aryl methyl sites for hydroxylation is 1. The molecule has 0 spiro atoms. The first-order valence-electron chi connectivity index (χ1n) is 6.21. The Labute approximate surface area is 115 Å². The van der Waals surface area contributed by atoms with Gasteiger partial charge in [0, 0.05) is 19.7 Å². The van der Waals surface area contributed by atoms with E-state index >= 15 is 0 Å². The van der Waals surface area contributed by atoms with Crippen LogP contribution in [0.3, 0.4) is 0 Å². The van der Waals surface area contributed by atoms with Crippen molar-refractivity contribution >= 4 is 15.7 Å². The van der Waals surface area contributed by atoms with Gasteiger partial charge in [0.05, 0.1) is 12.3 Å². The van der Waals surface area contributed by atoms with Gasteiger partial charge in [-0.1, -0.05) is 13.0 Å². The quantitative estimate of drug-likeness (QED) is 0.807. The maximum absolute atomic E-state index is 12.6. The number of benzene rings is 1. The fourth-order valence-electron chi connectivity index (χ4n) is 2.07. The molecule has 6 heteroatoms. The van der Waals surface area contributed by atoms with Crippen LogP contribution in [0.2, 0.25) is 0 Å². The minimum atomic E-state index is -3.59. The number of nitrogens with two attached hydrogens (primary N) is 1. The summed E-state index contributed by atoms with van der Waals surface area (Å²) >= 11 is 0. The van der Waals surface area contributed by atoms with E-state index in [9.17, 15) is 8.42 Å². The highest BCUT2D eigenvalue weighted by Crippen LogP contribution is 2.24. The second-order valence-corrected chi connectivity index (χ2v) is 6.41. The largest absolute Gasteiger partial charge is 0.398 e. The summed E-state index contributed by atoms with van der Waals surface area (Å²) in [4.78, 5) is 0.155. The van der Waals surface area contributed by atoms with Crippen LogP contribution >= 0.6 is 0 Å². The minimum absolute atomic E-state index is 0.155. The molecule has 1 aromatic carbocycles. The Bertz CT molecular complexity index is 529. The van der Waals surface area contributed by atoms with Gasteiger partial charge in [-0.15, -0.1) is 0 Å². The maximum Gasteiger partial charge on any atom is 0.245 e. The van der Waals surface area contributed by atoms with Crippen LogP contribution in [-0.4, -0.2) is 39.0 Å². The Morgan fingerprint density at radius 3 is 2.53 bits per heavy atom. The third-order valence-electron chi connectivity index (χ3n) is 2.96. The summed E-state index contributed by atoms with van der Waals surface area (Å²) in [6, 6.07) is 4.74. The van der Waals surface area contributed by atoms with E-state index in [0.717, 1.165) is 5.56 Å². The van der Waals surface area contributed by atoms with E-state index in [0.29, 0.717) is 13.2 Å². The highest BCUT2D eigenvalue weighted by molar-refractivity contribution is 7.89. The summed E-state index contributed by atoms with van der Waals surface area (Å²) in [6.45, 7) is 6.21. The number of hydrogen-bond donors (Lipinski definition) is 1. The Morgan fingerprint density at radius 2 is 2.05 bits per heavy atom. The molecule has 0 radical (unpaired) electrons. The smallest absolute Gasteiger partial charge is 0.245 e. The molecular formula is C13H22N2O3S. The zero-order chi connectivity index (χ0) is 14.6. The van der Waals surface area contributed by atoms with Crippen LogP contribution < -0.4 is 5.73 Å². The lowest BCUT2D eigenvalue weighted by atomic mass is 10.2. The normalized spacial score (nSPS) is 13.7. The number of sulfonamides is 1. The molecule has 0 amide bonds. The topological polar surface area (TPSA) is 72.6 Å². The van der Waals surface area contributed by atoms with Gasteiger partial charge in [-0.05, 0) is 31.5 Å². The fraction of sp³-hybridized carbons (Fsp3) is 0.538. The van der Waals surface area contributed by atoms with Crippen molar-refractivity contribution in [3.05, 3.63) is 23.8 Å². The van der Waals surface area contributed by atoms with Crippen molar-refractivity contribution in [1.82, 2.24) is 4.31 Å². The molecule has 0 heterocycles. The van der Waals surface area contributed by atoms with Gasteiger partial charge in [0.1, 0.15) is 4.90 Å². The lowest BCUT2D eigenvalue weighted by molar-refractivity contribution is 0.142. The number of nitrogen functional groups attached to an aromatic ring is 1. The van der Waals surface area contributed by atoms with Crippen molar-refractivity contribution in [3.8, 4) is 0 Å². The first-order valence-corrected chi connectivity index (χ1v) is 7.65. The second kappa shape index (κ2) is 6.36. The number of hydrogen-bond acceptors (Lipinski definition) is 4. The van der Waals surface area contributed by atoms with Gasteiger partial charge in [0.2, 0.25) is 10.0 Å². The molecule has 1 unspecified atom stereocenters. The zero-order valence-electron chi connectivity index (χ0n) is 11.9. The molecular weight excluding hydrogens is 264 g/mol. The predicted molar refractivity (Wildman–Crippen MR) is 76.5 cm³/mol. The van der Waals surface area contributed by atoms with E-state index in [1.165, 1.54) is 4.31 Å². The Hall–Kier alpha value is -1.11.